The molecule has 0 bridgehead atoms. The number of aryl methyl sites for hydroxylation is 1. The molecule has 1 N–H and O–H groups in total. The Bertz CT molecular complexity index is 1150. The Kier molecular flexibility index (Phi) is 5.74. The molecule has 2 aliphatic heterocycles. The number of pyridine rings is 1. The van der Waals surface area contributed by atoms with Gasteiger partial charge >= 0.3 is 0 Å². The predicted molar refractivity (Wildman–Crippen MR) is 127 cm³/mol. The van der Waals surface area contributed by atoms with E-state index in [0.29, 0.717) is 6.54 Å². The average Bonchev–Trinajstić information content (AvgIpc) is 2.80. The molecule has 1 aromatic carbocycles. The Hall–Kier alpha value is -3.06. The van der Waals surface area contributed by atoms with Crippen LogP contribution in [0.4, 0.5) is 11.5 Å². The fourth-order valence-electron chi connectivity index (χ4n) is 4.96. The summed E-state index contributed by atoms with van der Waals surface area (Å²) in [7, 11) is 2.12. The van der Waals surface area contributed by atoms with Crippen molar-refractivity contribution in [3.8, 4) is 0 Å². The van der Waals surface area contributed by atoms with Crippen molar-refractivity contribution in [3.63, 3.8) is 0 Å². The summed E-state index contributed by atoms with van der Waals surface area (Å²) in [6, 6.07) is 9.73. The van der Waals surface area contributed by atoms with Gasteiger partial charge in [-0.25, -0.2) is 9.97 Å². The normalized spacial score (nSPS) is 19.1. The van der Waals surface area contributed by atoms with Gasteiger partial charge in [0.1, 0.15) is 11.6 Å². The molecule has 7 heteroatoms. The third-order valence-electron chi connectivity index (χ3n) is 6.62. The van der Waals surface area contributed by atoms with Crippen molar-refractivity contribution in [1.82, 2.24) is 19.9 Å². The van der Waals surface area contributed by atoms with E-state index >= 15 is 0 Å². The van der Waals surface area contributed by atoms with Gasteiger partial charge in [0.2, 0.25) is 5.91 Å². The van der Waals surface area contributed by atoms with Crippen LogP contribution in [0.25, 0.3) is 10.9 Å². The molecule has 2 aromatic heterocycles. The first-order valence-electron chi connectivity index (χ1n) is 11.5. The third-order valence-corrected chi connectivity index (χ3v) is 6.62. The van der Waals surface area contributed by atoms with E-state index in [4.69, 9.17) is 9.97 Å². The Balaban J connectivity index is 1.25. The van der Waals surface area contributed by atoms with Crippen LogP contribution in [0.15, 0.2) is 36.5 Å². The number of amides is 1. The van der Waals surface area contributed by atoms with Gasteiger partial charge in [-0.15, -0.1) is 0 Å². The lowest BCUT2D eigenvalue weighted by Crippen LogP contribution is -2.40. The molecule has 7 nitrogen and oxygen atoms in total. The minimum atomic E-state index is 0.0103. The van der Waals surface area contributed by atoms with E-state index in [1.807, 2.05) is 30.3 Å². The first kappa shape index (κ1) is 20.8. The van der Waals surface area contributed by atoms with Crippen LogP contribution in [-0.2, 0) is 11.2 Å². The molecule has 2 aliphatic rings. The zero-order valence-electron chi connectivity index (χ0n) is 18.8. The number of nitrogens with one attached hydrogen (secondary N) is 1. The number of nitrogens with zero attached hydrogens (tertiary/aromatic N) is 5. The summed E-state index contributed by atoms with van der Waals surface area (Å²) in [4.78, 5) is 31.4. The number of piperidine rings is 1. The molecule has 0 saturated carbocycles. The zero-order valence-corrected chi connectivity index (χ0v) is 18.8. The molecule has 0 spiro atoms. The molecule has 166 valence electrons. The van der Waals surface area contributed by atoms with E-state index in [1.54, 1.807) is 6.20 Å². The van der Waals surface area contributed by atoms with Gasteiger partial charge in [0.05, 0.1) is 12.1 Å². The molecule has 0 radical (unpaired) electrons. The topological polar surface area (TPSA) is 74.2 Å². The highest BCUT2D eigenvalue weighted by Crippen LogP contribution is 2.31. The second kappa shape index (κ2) is 8.82. The number of likely N-dealkylation sites (tertiary alicyclic amines) is 1. The summed E-state index contributed by atoms with van der Waals surface area (Å²) < 4.78 is 0. The lowest BCUT2D eigenvalue weighted by Gasteiger charge is -2.33. The number of anilines is 2. The van der Waals surface area contributed by atoms with Crippen molar-refractivity contribution in [1.29, 1.82) is 0 Å². The maximum atomic E-state index is 12.7. The smallest absolute Gasteiger partial charge is 0.238 e. The van der Waals surface area contributed by atoms with E-state index in [-0.39, 0.29) is 11.8 Å². The van der Waals surface area contributed by atoms with E-state index < -0.39 is 0 Å². The lowest BCUT2D eigenvalue weighted by molar-refractivity contribution is -0.117. The van der Waals surface area contributed by atoms with Crippen LogP contribution in [0.3, 0.4) is 0 Å². The van der Waals surface area contributed by atoms with Gasteiger partial charge < -0.3 is 10.2 Å². The monoisotopic (exact) mass is 430 g/mol. The van der Waals surface area contributed by atoms with Crippen LogP contribution in [-0.4, -0.2) is 59.0 Å². The quantitative estimate of drug-likeness (QED) is 0.683. The van der Waals surface area contributed by atoms with E-state index in [9.17, 15) is 4.79 Å². The van der Waals surface area contributed by atoms with E-state index in [1.165, 1.54) is 5.56 Å². The van der Waals surface area contributed by atoms with Crippen molar-refractivity contribution in [3.05, 3.63) is 53.6 Å². The number of hydrogen-bond acceptors (Lipinski definition) is 6. The summed E-state index contributed by atoms with van der Waals surface area (Å²) in [5.41, 5.74) is 4.13. The second-order valence-electron chi connectivity index (χ2n) is 9.03. The van der Waals surface area contributed by atoms with Crippen LogP contribution < -0.4 is 10.2 Å². The standard InChI is InChI=1S/C25H30N6O/c1-17-21-8-5-12-30(2)25(21)29-24(27-17)19-7-4-13-31(15-19)16-23(32)28-20-9-10-22-18(14-20)6-3-11-26-22/h3,6,9-11,14,19H,4-5,7-8,12-13,15-16H2,1-2H3,(H,28,32)/t19-/m1/s1. The minimum absolute atomic E-state index is 0.0103. The molecule has 1 atom stereocenters. The molecule has 3 aromatic rings. The fraction of sp³-hybridized carbons (Fsp3) is 0.440. The van der Waals surface area contributed by atoms with Crippen molar-refractivity contribution in [2.45, 2.75) is 38.5 Å². The summed E-state index contributed by atoms with van der Waals surface area (Å²) in [5.74, 6) is 2.31. The minimum Gasteiger partial charge on any atom is -0.359 e. The van der Waals surface area contributed by atoms with Gasteiger partial charge in [-0.3, -0.25) is 14.7 Å². The Morgan fingerprint density at radius 1 is 1.19 bits per heavy atom. The summed E-state index contributed by atoms with van der Waals surface area (Å²) in [6.45, 7) is 5.28. The first-order valence-corrected chi connectivity index (χ1v) is 11.5. The van der Waals surface area contributed by atoms with E-state index in [0.717, 1.165) is 79.2 Å². The molecule has 1 amide bonds. The molecule has 1 fully saturated rings. The van der Waals surface area contributed by atoms with Crippen LogP contribution in [0.1, 0.15) is 42.3 Å². The molecule has 5 rings (SSSR count). The van der Waals surface area contributed by atoms with Crippen molar-refractivity contribution in [2.24, 2.45) is 0 Å². The third kappa shape index (κ3) is 4.30. The van der Waals surface area contributed by atoms with Crippen LogP contribution in [0.5, 0.6) is 0 Å². The van der Waals surface area contributed by atoms with Crippen LogP contribution in [0, 0.1) is 6.92 Å². The maximum Gasteiger partial charge on any atom is 0.238 e. The van der Waals surface area contributed by atoms with Gasteiger partial charge in [0.15, 0.2) is 0 Å². The van der Waals surface area contributed by atoms with Gasteiger partial charge in [0.25, 0.3) is 0 Å². The first-order chi connectivity index (χ1) is 15.6. The van der Waals surface area contributed by atoms with Crippen LogP contribution in [0.2, 0.25) is 0 Å². The Morgan fingerprint density at radius 3 is 3.00 bits per heavy atom. The molecule has 1 saturated heterocycles. The van der Waals surface area contributed by atoms with Crippen molar-refractivity contribution in [2.75, 3.05) is 43.4 Å². The molecule has 32 heavy (non-hydrogen) atoms. The predicted octanol–water partition coefficient (Wildman–Crippen LogP) is 3.53. The van der Waals surface area contributed by atoms with Crippen molar-refractivity contribution < 1.29 is 4.79 Å². The zero-order chi connectivity index (χ0) is 22.1. The van der Waals surface area contributed by atoms with Gasteiger partial charge in [-0.2, -0.15) is 0 Å². The SMILES string of the molecule is Cc1nc([C@@H]2CCCN(CC(=O)Nc3ccc4ncccc4c3)C2)nc2c1CCCN2C. The number of fused-ring (bicyclic) bond motifs is 2. The number of carbonyl (C=O) groups is 1. The molecule has 0 aliphatic carbocycles. The number of carbonyl (C=O) groups excluding carboxylic acids is 1. The molecular weight excluding hydrogens is 400 g/mol. The van der Waals surface area contributed by atoms with Gasteiger partial charge in [-0.1, -0.05) is 6.07 Å². The number of hydrogen-bond donors (Lipinski definition) is 1. The Morgan fingerprint density at radius 2 is 2.09 bits per heavy atom. The highest BCUT2D eigenvalue weighted by atomic mass is 16.2. The molecule has 0 unspecified atom stereocenters. The highest BCUT2D eigenvalue weighted by Gasteiger charge is 2.27. The second-order valence-corrected chi connectivity index (χ2v) is 9.03. The number of aromatic nitrogens is 3. The lowest BCUT2D eigenvalue weighted by atomic mass is 9.96. The Labute approximate surface area is 188 Å². The van der Waals surface area contributed by atoms with Crippen molar-refractivity contribution >= 4 is 28.3 Å². The summed E-state index contributed by atoms with van der Waals surface area (Å²) in [5, 5.41) is 4.07. The largest absolute Gasteiger partial charge is 0.359 e. The number of rotatable bonds is 4. The maximum absolute atomic E-state index is 12.7. The highest BCUT2D eigenvalue weighted by molar-refractivity contribution is 5.94. The number of benzene rings is 1. The average molecular weight is 431 g/mol. The van der Waals surface area contributed by atoms with Gasteiger partial charge in [0, 0.05) is 54.6 Å². The molecule has 4 heterocycles. The van der Waals surface area contributed by atoms with Gasteiger partial charge in [-0.05, 0) is 63.4 Å². The van der Waals surface area contributed by atoms with E-state index in [2.05, 4.69) is 34.1 Å². The molecular formula is C25H30N6O. The summed E-state index contributed by atoms with van der Waals surface area (Å²) in [6.07, 6.45) is 6.12. The fourth-order valence-corrected chi connectivity index (χ4v) is 4.96. The van der Waals surface area contributed by atoms with Crippen LogP contribution >= 0.6 is 0 Å². The summed E-state index contributed by atoms with van der Waals surface area (Å²) >= 11 is 0.